The molecule has 92 valence electrons. The molecule has 2 nitrogen and oxygen atoms in total. The van der Waals surface area contributed by atoms with Crippen molar-refractivity contribution in [2.75, 3.05) is 5.32 Å². The maximum absolute atomic E-state index is 8.93. The van der Waals surface area contributed by atoms with Gasteiger partial charge in [0, 0.05) is 10.6 Å². The largest absolute Gasteiger partial charge is 0.377 e. The van der Waals surface area contributed by atoms with Gasteiger partial charge in [0.25, 0.3) is 0 Å². The Morgan fingerprint density at radius 3 is 2.72 bits per heavy atom. The van der Waals surface area contributed by atoms with Crippen molar-refractivity contribution in [2.24, 2.45) is 0 Å². The zero-order valence-corrected chi connectivity index (χ0v) is 12.6. The lowest BCUT2D eigenvalue weighted by Crippen LogP contribution is -2.06. The van der Waals surface area contributed by atoms with Crippen LogP contribution in [0.4, 0.5) is 5.69 Å². The van der Waals surface area contributed by atoms with Gasteiger partial charge in [-0.25, -0.2) is 0 Å². The summed E-state index contributed by atoms with van der Waals surface area (Å²) < 4.78 is 1.13. The molecule has 1 N–H and O–H groups in total. The van der Waals surface area contributed by atoms with Gasteiger partial charge >= 0.3 is 0 Å². The van der Waals surface area contributed by atoms with E-state index in [-0.39, 0.29) is 6.04 Å². The molecule has 0 saturated heterocycles. The number of nitrogens with one attached hydrogen (secondary N) is 1. The van der Waals surface area contributed by atoms with Crippen LogP contribution in [0.5, 0.6) is 0 Å². The molecule has 2 aromatic rings. The minimum atomic E-state index is 0.231. The molecule has 2 rings (SSSR count). The number of rotatable bonds is 3. The number of halogens is 1. The highest BCUT2D eigenvalue weighted by Crippen LogP contribution is 2.30. The second-order valence-corrected chi connectivity index (χ2v) is 6.64. The summed E-state index contributed by atoms with van der Waals surface area (Å²) in [6.45, 7) is 4.16. The summed E-state index contributed by atoms with van der Waals surface area (Å²) in [6.07, 6.45) is 0. The van der Waals surface area contributed by atoms with Gasteiger partial charge in [0.15, 0.2) is 0 Å². The van der Waals surface area contributed by atoms with E-state index in [4.69, 9.17) is 5.26 Å². The molecular formula is C14H13BrN2S. The van der Waals surface area contributed by atoms with Gasteiger partial charge in [-0.3, -0.25) is 0 Å². The molecule has 0 spiro atoms. The molecule has 1 aromatic heterocycles. The van der Waals surface area contributed by atoms with Crippen molar-refractivity contribution in [3.8, 4) is 6.07 Å². The third-order valence-corrected chi connectivity index (χ3v) is 4.57. The first kappa shape index (κ1) is 13.1. The molecule has 0 amide bonds. The van der Waals surface area contributed by atoms with E-state index in [0.717, 1.165) is 15.0 Å². The average Bonchev–Trinajstić information content (AvgIpc) is 2.79. The summed E-state index contributed by atoms with van der Waals surface area (Å²) >= 11 is 5.19. The van der Waals surface area contributed by atoms with Gasteiger partial charge in [-0.05, 0) is 59.6 Å². The summed E-state index contributed by atoms with van der Waals surface area (Å²) in [5, 5.41) is 12.4. The SMILES string of the molecule is Cc1ccc(C#N)cc1NC(C)c1ccc(Br)s1. The number of thiophene rings is 1. The monoisotopic (exact) mass is 320 g/mol. The summed E-state index contributed by atoms with van der Waals surface area (Å²) in [6, 6.07) is 12.3. The van der Waals surface area contributed by atoms with E-state index < -0.39 is 0 Å². The van der Waals surface area contributed by atoms with Crippen LogP contribution in [-0.4, -0.2) is 0 Å². The molecule has 1 unspecified atom stereocenters. The van der Waals surface area contributed by atoms with E-state index in [1.54, 1.807) is 11.3 Å². The number of hydrogen-bond donors (Lipinski definition) is 1. The predicted molar refractivity (Wildman–Crippen MR) is 80.0 cm³/mol. The Labute approximate surface area is 119 Å². The fraction of sp³-hybridized carbons (Fsp3) is 0.214. The molecule has 1 heterocycles. The Balaban J connectivity index is 2.21. The van der Waals surface area contributed by atoms with Gasteiger partial charge in [-0.2, -0.15) is 5.26 Å². The van der Waals surface area contributed by atoms with Crippen molar-refractivity contribution in [3.63, 3.8) is 0 Å². The van der Waals surface area contributed by atoms with Crippen LogP contribution in [0.15, 0.2) is 34.1 Å². The van der Waals surface area contributed by atoms with Crippen LogP contribution in [0, 0.1) is 18.3 Å². The Morgan fingerprint density at radius 1 is 1.33 bits per heavy atom. The lowest BCUT2D eigenvalue weighted by Gasteiger charge is -2.16. The smallest absolute Gasteiger partial charge is 0.0992 e. The van der Waals surface area contributed by atoms with E-state index in [1.807, 2.05) is 25.1 Å². The van der Waals surface area contributed by atoms with Crippen LogP contribution in [0.1, 0.15) is 29.0 Å². The summed E-state index contributed by atoms with van der Waals surface area (Å²) in [7, 11) is 0. The minimum Gasteiger partial charge on any atom is -0.377 e. The molecule has 0 bridgehead atoms. The van der Waals surface area contributed by atoms with Crippen molar-refractivity contribution >= 4 is 33.0 Å². The fourth-order valence-corrected chi connectivity index (χ4v) is 3.14. The van der Waals surface area contributed by atoms with Crippen molar-refractivity contribution in [3.05, 3.63) is 50.1 Å². The fourth-order valence-electron chi connectivity index (χ4n) is 1.71. The highest BCUT2D eigenvalue weighted by atomic mass is 79.9. The number of aryl methyl sites for hydroxylation is 1. The van der Waals surface area contributed by atoms with Gasteiger partial charge in [-0.1, -0.05) is 6.07 Å². The van der Waals surface area contributed by atoms with Gasteiger partial charge in [-0.15, -0.1) is 11.3 Å². The molecule has 0 aliphatic carbocycles. The third kappa shape index (κ3) is 2.92. The van der Waals surface area contributed by atoms with E-state index in [1.165, 1.54) is 4.88 Å². The van der Waals surface area contributed by atoms with Crippen molar-refractivity contribution in [1.29, 1.82) is 5.26 Å². The van der Waals surface area contributed by atoms with Gasteiger partial charge in [0.1, 0.15) is 0 Å². The first-order chi connectivity index (χ1) is 8.60. The number of hydrogen-bond acceptors (Lipinski definition) is 3. The van der Waals surface area contributed by atoms with Crippen LogP contribution in [0.25, 0.3) is 0 Å². The Bertz CT molecular complexity index is 598. The topological polar surface area (TPSA) is 35.8 Å². The molecule has 0 radical (unpaired) electrons. The van der Waals surface area contributed by atoms with Crippen LogP contribution >= 0.6 is 27.3 Å². The summed E-state index contributed by atoms with van der Waals surface area (Å²) in [4.78, 5) is 1.27. The number of benzene rings is 1. The van der Waals surface area contributed by atoms with Gasteiger partial charge in [0.05, 0.1) is 21.5 Å². The molecule has 1 atom stereocenters. The first-order valence-electron chi connectivity index (χ1n) is 5.62. The molecular weight excluding hydrogens is 308 g/mol. The van der Waals surface area contributed by atoms with Crippen LogP contribution in [0.3, 0.4) is 0 Å². The normalized spacial score (nSPS) is 11.9. The molecule has 0 aliphatic rings. The van der Waals surface area contributed by atoms with Crippen molar-refractivity contribution in [2.45, 2.75) is 19.9 Å². The zero-order valence-electron chi connectivity index (χ0n) is 10.2. The minimum absolute atomic E-state index is 0.231. The molecule has 0 fully saturated rings. The Kier molecular flexibility index (Phi) is 4.05. The zero-order chi connectivity index (χ0) is 13.1. The van der Waals surface area contributed by atoms with E-state index in [2.05, 4.69) is 46.4 Å². The van der Waals surface area contributed by atoms with Crippen LogP contribution < -0.4 is 5.32 Å². The molecule has 18 heavy (non-hydrogen) atoms. The first-order valence-corrected chi connectivity index (χ1v) is 7.23. The average molecular weight is 321 g/mol. The highest BCUT2D eigenvalue weighted by Gasteiger charge is 2.09. The Hall–Kier alpha value is -1.31. The van der Waals surface area contributed by atoms with Gasteiger partial charge in [0.2, 0.25) is 0 Å². The number of nitriles is 1. The number of nitrogens with zero attached hydrogens (tertiary/aromatic N) is 1. The van der Waals surface area contributed by atoms with Gasteiger partial charge < -0.3 is 5.32 Å². The van der Waals surface area contributed by atoms with E-state index >= 15 is 0 Å². The quantitative estimate of drug-likeness (QED) is 0.876. The molecule has 1 aromatic carbocycles. The lowest BCUT2D eigenvalue weighted by atomic mass is 10.1. The summed E-state index contributed by atoms with van der Waals surface area (Å²) in [5.74, 6) is 0. The Morgan fingerprint density at radius 2 is 2.11 bits per heavy atom. The predicted octanol–water partition coefficient (Wildman–Crippen LogP) is 4.86. The molecule has 0 saturated carbocycles. The maximum atomic E-state index is 8.93. The standard InChI is InChI=1S/C14H13BrN2S/c1-9-3-4-11(8-16)7-12(9)17-10(2)13-5-6-14(15)18-13/h3-7,10,17H,1-2H3. The highest BCUT2D eigenvalue weighted by molar-refractivity contribution is 9.11. The molecule has 4 heteroatoms. The lowest BCUT2D eigenvalue weighted by molar-refractivity contribution is 0.905. The van der Waals surface area contributed by atoms with Crippen LogP contribution in [-0.2, 0) is 0 Å². The van der Waals surface area contributed by atoms with E-state index in [0.29, 0.717) is 5.56 Å². The van der Waals surface area contributed by atoms with E-state index in [9.17, 15) is 0 Å². The third-order valence-electron chi connectivity index (χ3n) is 2.76. The van der Waals surface area contributed by atoms with Crippen LogP contribution in [0.2, 0.25) is 0 Å². The van der Waals surface area contributed by atoms with Crippen molar-refractivity contribution in [1.82, 2.24) is 0 Å². The number of anilines is 1. The second kappa shape index (κ2) is 5.55. The van der Waals surface area contributed by atoms with Crippen molar-refractivity contribution < 1.29 is 0 Å². The second-order valence-electron chi connectivity index (χ2n) is 4.15. The molecule has 0 aliphatic heterocycles. The maximum Gasteiger partial charge on any atom is 0.0992 e. The summed E-state index contributed by atoms with van der Waals surface area (Å²) in [5.41, 5.74) is 2.85.